The first-order valence-electron chi connectivity index (χ1n) is 12.6. The Morgan fingerprint density at radius 2 is 1.84 bits per heavy atom. The topological polar surface area (TPSA) is 86.3 Å². The zero-order valence-electron chi connectivity index (χ0n) is 20.2. The van der Waals surface area contributed by atoms with Crippen LogP contribution in [0.1, 0.15) is 39.9 Å². The van der Waals surface area contributed by atoms with Crippen molar-refractivity contribution in [3.05, 3.63) is 82.9 Å². The van der Waals surface area contributed by atoms with Gasteiger partial charge in [-0.25, -0.2) is 0 Å². The molecule has 2 amide bonds. The normalized spacial score (nSPS) is 22.8. The Balaban J connectivity index is 1.18. The van der Waals surface area contributed by atoms with Gasteiger partial charge in [0.2, 0.25) is 12.7 Å². The van der Waals surface area contributed by atoms with Gasteiger partial charge in [0.1, 0.15) is 17.8 Å². The molecule has 1 fully saturated rings. The van der Waals surface area contributed by atoms with Crippen molar-refractivity contribution < 1.29 is 28.5 Å². The third-order valence-electron chi connectivity index (χ3n) is 7.69. The number of para-hydroxylation sites is 1. The van der Waals surface area contributed by atoms with Crippen LogP contribution in [0.15, 0.2) is 60.7 Å². The van der Waals surface area contributed by atoms with E-state index in [1.165, 1.54) is 0 Å². The van der Waals surface area contributed by atoms with E-state index in [4.69, 9.17) is 18.9 Å². The Morgan fingerprint density at radius 3 is 2.70 bits per heavy atom. The molecule has 7 rings (SSSR count). The van der Waals surface area contributed by atoms with E-state index < -0.39 is 5.41 Å². The second-order valence-corrected chi connectivity index (χ2v) is 9.85. The Morgan fingerprint density at radius 1 is 0.973 bits per heavy atom. The number of rotatable bonds is 5. The van der Waals surface area contributed by atoms with E-state index in [1.54, 1.807) is 11.0 Å². The highest BCUT2D eigenvalue weighted by Gasteiger charge is 2.57. The maximum absolute atomic E-state index is 14.2. The van der Waals surface area contributed by atoms with Crippen LogP contribution >= 0.6 is 0 Å². The lowest BCUT2D eigenvalue weighted by atomic mass is 9.77. The molecule has 4 aliphatic heterocycles. The maximum atomic E-state index is 14.2. The van der Waals surface area contributed by atoms with Crippen molar-refractivity contribution >= 4 is 17.5 Å². The van der Waals surface area contributed by atoms with E-state index in [9.17, 15) is 9.59 Å². The lowest BCUT2D eigenvalue weighted by Gasteiger charge is -2.23. The van der Waals surface area contributed by atoms with Crippen LogP contribution < -0.4 is 24.4 Å². The van der Waals surface area contributed by atoms with Crippen LogP contribution in [0, 0.1) is 0 Å². The lowest BCUT2D eigenvalue weighted by Crippen LogP contribution is -2.42. The van der Waals surface area contributed by atoms with E-state index in [0.29, 0.717) is 35.9 Å². The summed E-state index contributed by atoms with van der Waals surface area (Å²) < 4.78 is 22.8. The number of nitrogens with zero attached hydrogens (tertiary/aromatic N) is 1. The molecular weight excluding hydrogens is 472 g/mol. The molecule has 4 heterocycles. The highest BCUT2D eigenvalue weighted by Crippen LogP contribution is 2.55. The van der Waals surface area contributed by atoms with Crippen LogP contribution in [0.5, 0.6) is 17.2 Å². The molecule has 188 valence electrons. The zero-order valence-corrected chi connectivity index (χ0v) is 20.2. The lowest BCUT2D eigenvalue weighted by molar-refractivity contribution is -0.122. The first-order chi connectivity index (χ1) is 18.1. The molecule has 3 aromatic rings. The number of ether oxygens (including phenoxy) is 4. The molecular formula is C29H26N2O6. The summed E-state index contributed by atoms with van der Waals surface area (Å²) in [4.78, 5) is 28.8. The Bertz CT molecular complexity index is 1420. The SMILES string of the molecule is O=C(NCC1CCCO1)c1cccc(CN2C(=O)C3(COc4cc5c(cc43)OCO5)c3ccccc32)c1. The van der Waals surface area contributed by atoms with Gasteiger partial charge in [-0.05, 0) is 48.2 Å². The Hall–Kier alpha value is -4.04. The smallest absolute Gasteiger partial charge is 0.251 e. The van der Waals surface area contributed by atoms with Crippen molar-refractivity contribution in [1.82, 2.24) is 5.32 Å². The first kappa shape index (κ1) is 22.2. The predicted molar refractivity (Wildman–Crippen MR) is 134 cm³/mol. The van der Waals surface area contributed by atoms with Gasteiger partial charge in [0.25, 0.3) is 5.91 Å². The van der Waals surface area contributed by atoms with Crippen LogP contribution in [-0.4, -0.2) is 44.5 Å². The Labute approximate surface area is 214 Å². The summed E-state index contributed by atoms with van der Waals surface area (Å²) in [6.07, 6.45) is 2.08. The average molecular weight is 499 g/mol. The fourth-order valence-corrected chi connectivity index (χ4v) is 5.83. The molecule has 3 aromatic carbocycles. The molecule has 0 bridgehead atoms. The molecule has 1 saturated heterocycles. The molecule has 0 aliphatic carbocycles. The number of nitrogens with one attached hydrogen (secondary N) is 1. The maximum Gasteiger partial charge on any atom is 0.251 e. The largest absolute Gasteiger partial charge is 0.491 e. The fourth-order valence-electron chi connectivity index (χ4n) is 5.83. The standard InChI is InChI=1S/C29H26N2O6/c32-27(30-14-20-7-4-10-34-20)19-6-3-5-18(11-19)15-31-23-9-2-1-8-21(23)29(28(31)33)16-35-24-13-26-25(12-22(24)29)36-17-37-26/h1-3,5-6,8-9,11-13,20H,4,7,10,14-17H2,(H,30,32). The molecule has 37 heavy (non-hydrogen) atoms. The molecule has 8 nitrogen and oxygen atoms in total. The number of carbonyl (C=O) groups is 2. The molecule has 8 heteroatoms. The summed E-state index contributed by atoms with van der Waals surface area (Å²) in [5.74, 6) is 1.69. The minimum Gasteiger partial charge on any atom is -0.491 e. The predicted octanol–water partition coefficient (Wildman–Crippen LogP) is 3.55. The van der Waals surface area contributed by atoms with Gasteiger partial charge >= 0.3 is 0 Å². The summed E-state index contributed by atoms with van der Waals surface area (Å²) in [7, 11) is 0. The van der Waals surface area contributed by atoms with E-state index >= 15 is 0 Å². The van der Waals surface area contributed by atoms with E-state index in [0.717, 1.165) is 41.8 Å². The fraction of sp³-hybridized carbons (Fsp3) is 0.310. The third kappa shape index (κ3) is 3.47. The number of fused-ring (bicyclic) bond motifs is 5. The minimum atomic E-state index is -0.955. The van der Waals surface area contributed by atoms with E-state index in [2.05, 4.69) is 5.32 Å². The monoisotopic (exact) mass is 498 g/mol. The minimum absolute atomic E-state index is 0.0560. The Kier molecular flexibility index (Phi) is 5.11. The van der Waals surface area contributed by atoms with Crippen molar-refractivity contribution in [3.63, 3.8) is 0 Å². The average Bonchev–Trinajstić information content (AvgIpc) is 3.72. The molecule has 1 spiro atoms. The van der Waals surface area contributed by atoms with Crippen LogP contribution in [-0.2, 0) is 21.5 Å². The van der Waals surface area contributed by atoms with Gasteiger partial charge in [-0.2, -0.15) is 0 Å². The molecule has 0 aromatic heterocycles. The van der Waals surface area contributed by atoms with Crippen LogP contribution in [0.2, 0.25) is 0 Å². The highest BCUT2D eigenvalue weighted by molar-refractivity contribution is 6.11. The molecule has 2 unspecified atom stereocenters. The van der Waals surface area contributed by atoms with Crippen LogP contribution in [0.25, 0.3) is 0 Å². The van der Waals surface area contributed by atoms with Crippen molar-refractivity contribution in [2.45, 2.75) is 30.9 Å². The number of anilines is 1. The second-order valence-electron chi connectivity index (χ2n) is 9.85. The van der Waals surface area contributed by atoms with Crippen molar-refractivity contribution in [1.29, 1.82) is 0 Å². The number of carbonyl (C=O) groups excluding carboxylic acids is 2. The first-order valence-corrected chi connectivity index (χ1v) is 12.6. The quantitative estimate of drug-likeness (QED) is 0.579. The summed E-state index contributed by atoms with van der Waals surface area (Å²) in [6, 6.07) is 19.0. The summed E-state index contributed by atoms with van der Waals surface area (Å²) >= 11 is 0. The summed E-state index contributed by atoms with van der Waals surface area (Å²) in [5, 5.41) is 2.97. The molecule has 0 radical (unpaired) electrons. The molecule has 1 N–H and O–H groups in total. The molecule has 2 atom stereocenters. The number of hydrogen-bond donors (Lipinski definition) is 1. The van der Waals surface area contributed by atoms with Gasteiger partial charge in [0.15, 0.2) is 11.5 Å². The van der Waals surface area contributed by atoms with Crippen LogP contribution in [0.3, 0.4) is 0 Å². The number of hydrogen-bond acceptors (Lipinski definition) is 6. The van der Waals surface area contributed by atoms with Gasteiger partial charge < -0.3 is 29.2 Å². The van der Waals surface area contributed by atoms with Gasteiger partial charge in [0.05, 0.1) is 12.6 Å². The van der Waals surface area contributed by atoms with Gasteiger partial charge in [0, 0.05) is 36.0 Å². The highest BCUT2D eigenvalue weighted by atomic mass is 16.7. The van der Waals surface area contributed by atoms with Crippen molar-refractivity contribution in [2.75, 3.05) is 31.5 Å². The van der Waals surface area contributed by atoms with Crippen LogP contribution in [0.4, 0.5) is 5.69 Å². The number of benzene rings is 3. The van der Waals surface area contributed by atoms with Crippen molar-refractivity contribution in [2.24, 2.45) is 0 Å². The van der Waals surface area contributed by atoms with Crippen molar-refractivity contribution in [3.8, 4) is 17.2 Å². The second kappa shape index (κ2) is 8.52. The number of amides is 2. The molecule has 4 aliphatic rings. The van der Waals surface area contributed by atoms with Gasteiger partial charge in [-0.1, -0.05) is 30.3 Å². The van der Waals surface area contributed by atoms with Gasteiger partial charge in [-0.3, -0.25) is 9.59 Å². The summed E-state index contributed by atoms with van der Waals surface area (Å²) in [5.41, 5.74) is 3.02. The van der Waals surface area contributed by atoms with E-state index in [-0.39, 0.29) is 31.3 Å². The van der Waals surface area contributed by atoms with E-state index in [1.807, 2.05) is 54.6 Å². The zero-order chi connectivity index (χ0) is 25.0. The summed E-state index contributed by atoms with van der Waals surface area (Å²) in [6.45, 7) is 1.95. The van der Waals surface area contributed by atoms with Gasteiger partial charge in [-0.15, -0.1) is 0 Å². The third-order valence-corrected chi connectivity index (χ3v) is 7.69. The molecule has 0 saturated carbocycles.